The number of methoxy groups -OCH3 is 1. The minimum absolute atomic E-state index is 0.146. The minimum Gasteiger partial charge on any atom is -0.481 e. The highest BCUT2D eigenvalue weighted by atomic mass is 16.5. The van der Waals surface area contributed by atoms with Crippen LogP contribution in [0.15, 0.2) is 30.5 Å². The van der Waals surface area contributed by atoms with Crippen LogP contribution in [0.1, 0.15) is 21.6 Å². The molecule has 6 nitrogen and oxygen atoms in total. The molecule has 0 radical (unpaired) electrons. The third-order valence-electron chi connectivity index (χ3n) is 2.93. The van der Waals surface area contributed by atoms with Crippen molar-refractivity contribution < 1.29 is 9.53 Å². The number of carbonyl (C=O) groups excluding carboxylic acids is 1. The number of nitrogens with zero attached hydrogens (tertiary/aromatic N) is 2. The molecule has 0 saturated heterocycles. The lowest BCUT2D eigenvalue weighted by molar-refractivity contribution is 0.0950. The molecule has 21 heavy (non-hydrogen) atoms. The molecule has 0 spiro atoms. The molecule has 2 N–H and O–H groups in total. The first-order valence-electron chi connectivity index (χ1n) is 6.56. The van der Waals surface area contributed by atoms with Crippen molar-refractivity contribution in [2.45, 2.75) is 13.5 Å². The monoisotopic (exact) mass is 286 g/mol. The van der Waals surface area contributed by atoms with Crippen molar-refractivity contribution in [1.82, 2.24) is 15.3 Å². The quantitative estimate of drug-likeness (QED) is 0.876. The number of ether oxygens (including phenoxy) is 1. The van der Waals surface area contributed by atoms with E-state index in [1.54, 1.807) is 38.6 Å². The maximum absolute atomic E-state index is 12.2. The lowest BCUT2D eigenvalue weighted by atomic mass is 10.2. The van der Waals surface area contributed by atoms with E-state index in [0.29, 0.717) is 23.8 Å². The third-order valence-corrected chi connectivity index (χ3v) is 2.93. The number of pyridine rings is 2. The Hall–Kier alpha value is -2.63. The highest BCUT2D eigenvalue weighted by molar-refractivity contribution is 5.94. The van der Waals surface area contributed by atoms with Gasteiger partial charge < -0.3 is 15.4 Å². The Kier molecular flexibility index (Phi) is 4.71. The van der Waals surface area contributed by atoms with E-state index in [0.717, 1.165) is 11.3 Å². The van der Waals surface area contributed by atoms with Crippen LogP contribution in [0.2, 0.25) is 0 Å². The highest BCUT2D eigenvalue weighted by Crippen LogP contribution is 2.11. The normalized spacial score (nSPS) is 10.0. The standard InChI is InChI=1S/C15H18N4O2/c1-10-6-12(8-13(16-2)19-10)15(20)18-9-11-4-5-17-14(7-11)21-3/h4-8H,9H2,1-3H3,(H,16,19)(H,18,20). The fourth-order valence-electron chi connectivity index (χ4n) is 1.88. The molecule has 1 amide bonds. The Balaban J connectivity index is 2.06. The summed E-state index contributed by atoms with van der Waals surface area (Å²) in [4.78, 5) is 20.5. The Morgan fingerprint density at radius 1 is 1.33 bits per heavy atom. The Morgan fingerprint density at radius 3 is 2.86 bits per heavy atom. The largest absolute Gasteiger partial charge is 0.481 e. The number of hydrogen-bond acceptors (Lipinski definition) is 5. The summed E-state index contributed by atoms with van der Waals surface area (Å²) >= 11 is 0. The Morgan fingerprint density at radius 2 is 2.14 bits per heavy atom. The summed E-state index contributed by atoms with van der Waals surface area (Å²) in [5, 5.41) is 5.80. The molecule has 0 aliphatic rings. The van der Waals surface area contributed by atoms with Gasteiger partial charge in [-0.25, -0.2) is 9.97 Å². The van der Waals surface area contributed by atoms with Crippen LogP contribution in [0.5, 0.6) is 5.88 Å². The molecular formula is C15H18N4O2. The van der Waals surface area contributed by atoms with E-state index in [4.69, 9.17) is 4.74 Å². The third kappa shape index (κ3) is 3.92. The van der Waals surface area contributed by atoms with Gasteiger partial charge in [0.05, 0.1) is 7.11 Å². The summed E-state index contributed by atoms with van der Waals surface area (Å²) in [7, 11) is 3.33. The van der Waals surface area contributed by atoms with Gasteiger partial charge in [0, 0.05) is 37.1 Å². The van der Waals surface area contributed by atoms with Crippen LogP contribution in [0.3, 0.4) is 0 Å². The molecule has 0 bridgehead atoms. The lowest BCUT2D eigenvalue weighted by Crippen LogP contribution is -2.23. The molecule has 2 aromatic rings. The van der Waals surface area contributed by atoms with Crippen LogP contribution in [0.4, 0.5) is 5.82 Å². The number of amides is 1. The zero-order chi connectivity index (χ0) is 15.2. The van der Waals surface area contributed by atoms with Gasteiger partial charge in [0.1, 0.15) is 5.82 Å². The van der Waals surface area contributed by atoms with Gasteiger partial charge in [0.25, 0.3) is 5.91 Å². The molecular weight excluding hydrogens is 268 g/mol. The van der Waals surface area contributed by atoms with Gasteiger partial charge in [-0.2, -0.15) is 0 Å². The number of aromatic nitrogens is 2. The van der Waals surface area contributed by atoms with E-state index in [2.05, 4.69) is 20.6 Å². The summed E-state index contributed by atoms with van der Waals surface area (Å²) in [5.74, 6) is 1.05. The molecule has 110 valence electrons. The van der Waals surface area contributed by atoms with Gasteiger partial charge in [0.15, 0.2) is 0 Å². The minimum atomic E-state index is -0.146. The highest BCUT2D eigenvalue weighted by Gasteiger charge is 2.08. The zero-order valence-electron chi connectivity index (χ0n) is 12.3. The van der Waals surface area contributed by atoms with Crippen LogP contribution in [0, 0.1) is 6.92 Å². The first kappa shape index (κ1) is 14.8. The predicted molar refractivity (Wildman–Crippen MR) is 80.5 cm³/mol. The Bertz CT molecular complexity index is 643. The maximum Gasteiger partial charge on any atom is 0.251 e. The van der Waals surface area contributed by atoms with Gasteiger partial charge in [-0.05, 0) is 30.7 Å². The molecule has 0 aliphatic heterocycles. The molecule has 0 aromatic carbocycles. The number of nitrogens with one attached hydrogen (secondary N) is 2. The average molecular weight is 286 g/mol. The van der Waals surface area contributed by atoms with Crippen LogP contribution in [-0.4, -0.2) is 30.0 Å². The van der Waals surface area contributed by atoms with Crippen molar-refractivity contribution in [3.63, 3.8) is 0 Å². The summed E-state index contributed by atoms with van der Waals surface area (Å²) in [6.45, 7) is 2.26. The fourth-order valence-corrected chi connectivity index (χ4v) is 1.88. The lowest BCUT2D eigenvalue weighted by Gasteiger charge is -2.08. The van der Waals surface area contributed by atoms with Crippen LogP contribution >= 0.6 is 0 Å². The molecule has 0 unspecified atom stereocenters. The summed E-state index contributed by atoms with van der Waals surface area (Å²) in [6, 6.07) is 7.09. The van der Waals surface area contributed by atoms with E-state index < -0.39 is 0 Å². The summed E-state index contributed by atoms with van der Waals surface area (Å²) in [6.07, 6.45) is 1.65. The number of anilines is 1. The number of carbonyl (C=O) groups is 1. The van der Waals surface area contributed by atoms with Crippen LogP contribution in [0.25, 0.3) is 0 Å². The molecule has 2 rings (SSSR count). The maximum atomic E-state index is 12.2. The first-order chi connectivity index (χ1) is 10.1. The summed E-state index contributed by atoms with van der Waals surface area (Å²) in [5.41, 5.74) is 2.29. The number of aryl methyl sites for hydroxylation is 1. The molecule has 0 atom stereocenters. The molecule has 0 aliphatic carbocycles. The van der Waals surface area contributed by atoms with E-state index in [-0.39, 0.29) is 5.91 Å². The fraction of sp³-hybridized carbons (Fsp3) is 0.267. The van der Waals surface area contributed by atoms with Crippen molar-refractivity contribution in [2.75, 3.05) is 19.5 Å². The van der Waals surface area contributed by atoms with Crippen molar-refractivity contribution in [2.24, 2.45) is 0 Å². The summed E-state index contributed by atoms with van der Waals surface area (Å²) < 4.78 is 5.05. The molecule has 2 heterocycles. The SMILES string of the molecule is CNc1cc(C(=O)NCc2ccnc(OC)c2)cc(C)n1. The van der Waals surface area contributed by atoms with Gasteiger partial charge >= 0.3 is 0 Å². The van der Waals surface area contributed by atoms with Gasteiger partial charge in [-0.15, -0.1) is 0 Å². The zero-order valence-corrected chi connectivity index (χ0v) is 12.3. The molecule has 6 heteroatoms. The van der Waals surface area contributed by atoms with E-state index in [1.807, 2.05) is 13.0 Å². The molecule has 2 aromatic heterocycles. The van der Waals surface area contributed by atoms with Crippen molar-refractivity contribution in [3.05, 3.63) is 47.3 Å². The van der Waals surface area contributed by atoms with Crippen molar-refractivity contribution in [1.29, 1.82) is 0 Å². The average Bonchev–Trinajstić information content (AvgIpc) is 2.52. The van der Waals surface area contributed by atoms with E-state index in [9.17, 15) is 4.79 Å². The second kappa shape index (κ2) is 6.69. The van der Waals surface area contributed by atoms with Crippen molar-refractivity contribution in [3.8, 4) is 5.88 Å². The van der Waals surface area contributed by atoms with Crippen LogP contribution < -0.4 is 15.4 Å². The van der Waals surface area contributed by atoms with Crippen molar-refractivity contribution >= 4 is 11.7 Å². The van der Waals surface area contributed by atoms with Gasteiger partial charge in [-0.3, -0.25) is 4.79 Å². The van der Waals surface area contributed by atoms with E-state index in [1.165, 1.54) is 0 Å². The van der Waals surface area contributed by atoms with E-state index >= 15 is 0 Å². The van der Waals surface area contributed by atoms with Gasteiger partial charge in [0.2, 0.25) is 5.88 Å². The number of rotatable bonds is 5. The molecule has 0 saturated carbocycles. The number of hydrogen-bond donors (Lipinski definition) is 2. The topological polar surface area (TPSA) is 76.1 Å². The first-order valence-corrected chi connectivity index (χ1v) is 6.56. The van der Waals surface area contributed by atoms with Crippen LogP contribution in [-0.2, 0) is 6.54 Å². The second-order valence-electron chi connectivity index (χ2n) is 4.52. The Labute approximate surface area is 123 Å². The predicted octanol–water partition coefficient (Wildman–Crippen LogP) is 1.77. The smallest absolute Gasteiger partial charge is 0.251 e. The molecule has 0 fully saturated rings. The van der Waals surface area contributed by atoms with Gasteiger partial charge in [-0.1, -0.05) is 0 Å². The second-order valence-corrected chi connectivity index (χ2v) is 4.52.